The summed E-state index contributed by atoms with van der Waals surface area (Å²) in [6.45, 7) is 3.41. The van der Waals surface area contributed by atoms with Gasteiger partial charge in [-0.1, -0.05) is 0 Å². The Morgan fingerprint density at radius 1 is 1.19 bits per heavy atom. The molecule has 0 radical (unpaired) electrons. The highest BCUT2D eigenvalue weighted by molar-refractivity contribution is 5.97. The second-order valence-corrected chi connectivity index (χ2v) is 9.10. The minimum Gasteiger partial charge on any atom is -0.337 e. The van der Waals surface area contributed by atoms with E-state index in [4.69, 9.17) is 0 Å². The molecule has 8 heteroatoms. The van der Waals surface area contributed by atoms with Gasteiger partial charge in [-0.05, 0) is 62.3 Å². The number of benzene rings is 1. The molecule has 2 amide bonds. The molecule has 8 nitrogen and oxygen atoms in total. The molecule has 2 fully saturated rings. The first-order chi connectivity index (χ1) is 15.5. The topological polar surface area (TPSA) is 85.0 Å². The number of amides is 2. The summed E-state index contributed by atoms with van der Waals surface area (Å²) >= 11 is 0. The highest BCUT2D eigenvalue weighted by atomic mass is 16.2. The van der Waals surface area contributed by atoms with Gasteiger partial charge in [-0.15, -0.1) is 0 Å². The maximum Gasteiger partial charge on any atom is 0.247 e. The zero-order valence-corrected chi connectivity index (χ0v) is 18.3. The second-order valence-electron chi connectivity index (χ2n) is 9.10. The third-order valence-electron chi connectivity index (χ3n) is 6.60. The summed E-state index contributed by atoms with van der Waals surface area (Å²) in [7, 11) is 0. The Labute approximate surface area is 187 Å². The lowest BCUT2D eigenvalue weighted by molar-refractivity contribution is -0.136. The number of likely N-dealkylation sites (tertiary alicyclic amines) is 1. The van der Waals surface area contributed by atoms with Crippen molar-refractivity contribution in [2.45, 2.75) is 51.6 Å². The average Bonchev–Trinajstić information content (AvgIpc) is 3.16. The fourth-order valence-corrected chi connectivity index (χ4v) is 4.57. The molecule has 3 heterocycles. The molecular weight excluding hydrogens is 404 g/mol. The van der Waals surface area contributed by atoms with Crippen LogP contribution in [-0.2, 0) is 16.1 Å². The van der Waals surface area contributed by atoms with E-state index in [0.29, 0.717) is 13.0 Å². The van der Waals surface area contributed by atoms with Crippen LogP contribution in [0.5, 0.6) is 0 Å². The van der Waals surface area contributed by atoms with Crippen molar-refractivity contribution >= 4 is 17.5 Å². The molecule has 1 aliphatic heterocycles. The van der Waals surface area contributed by atoms with Crippen molar-refractivity contribution in [2.24, 2.45) is 5.41 Å². The molecule has 1 aliphatic carbocycles. The number of imidazole rings is 2. The van der Waals surface area contributed by atoms with Gasteiger partial charge in [0.1, 0.15) is 6.04 Å². The van der Waals surface area contributed by atoms with E-state index in [2.05, 4.69) is 15.3 Å². The van der Waals surface area contributed by atoms with Gasteiger partial charge in [0, 0.05) is 49.5 Å². The zero-order valence-electron chi connectivity index (χ0n) is 18.3. The molecule has 1 N–H and O–H groups in total. The SMILES string of the molecule is Cc1cn(-c2ccc(NC(=O)[C@@H]3CC4(CC4)CN3C(=O)CCCn3ccnc3)cc2)cn1. The third-order valence-corrected chi connectivity index (χ3v) is 6.60. The summed E-state index contributed by atoms with van der Waals surface area (Å²) in [5.74, 6) is -0.0252. The number of carbonyl (C=O) groups is 2. The van der Waals surface area contributed by atoms with Crippen molar-refractivity contribution in [1.29, 1.82) is 0 Å². The zero-order chi connectivity index (χ0) is 22.1. The fraction of sp³-hybridized carbons (Fsp3) is 0.417. The third kappa shape index (κ3) is 4.30. The first-order valence-electron chi connectivity index (χ1n) is 11.2. The quantitative estimate of drug-likeness (QED) is 0.621. The largest absolute Gasteiger partial charge is 0.337 e. The molecular formula is C24H28N6O2. The van der Waals surface area contributed by atoms with Crippen LogP contribution in [0.3, 0.4) is 0 Å². The van der Waals surface area contributed by atoms with E-state index in [-0.39, 0.29) is 17.2 Å². The average molecular weight is 433 g/mol. The van der Waals surface area contributed by atoms with Crippen LogP contribution in [0.25, 0.3) is 5.69 Å². The number of aryl methyl sites for hydroxylation is 2. The molecule has 1 saturated carbocycles. The van der Waals surface area contributed by atoms with Gasteiger partial charge >= 0.3 is 0 Å². The van der Waals surface area contributed by atoms with Crippen LogP contribution in [0.2, 0.25) is 0 Å². The molecule has 166 valence electrons. The molecule has 2 aliphatic rings. The Hall–Kier alpha value is -3.42. The second kappa shape index (κ2) is 8.26. The van der Waals surface area contributed by atoms with Crippen LogP contribution in [0, 0.1) is 12.3 Å². The number of nitrogens with zero attached hydrogens (tertiary/aromatic N) is 5. The maximum absolute atomic E-state index is 13.1. The van der Waals surface area contributed by atoms with Crippen LogP contribution in [0.4, 0.5) is 5.69 Å². The predicted octanol–water partition coefficient (Wildman–Crippen LogP) is 3.18. The van der Waals surface area contributed by atoms with Crippen LogP contribution in [0.1, 0.15) is 37.8 Å². The molecule has 0 unspecified atom stereocenters. The number of anilines is 1. The number of nitrogens with one attached hydrogen (secondary N) is 1. The predicted molar refractivity (Wildman–Crippen MR) is 120 cm³/mol. The van der Waals surface area contributed by atoms with Gasteiger partial charge in [-0.3, -0.25) is 9.59 Å². The smallest absolute Gasteiger partial charge is 0.247 e. The molecule has 1 saturated heterocycles. The Morgan fingerprint density at radius 2 is 2.00 bits per heavy atom. The molecule has 1 spiro atoms. The first-order valence-corrected chi connectivity index (χ1v) is 11.2. The normalized spacial score (nSPS) is 18.8. The van der Waals surface area contributed by atoms with E-state index in [9.17, 15) is 9.59 Å². The summed E-state index contributed by atoms with van der Waals surface area (Å²) in [6, 6.07) is 7.29. The Bertz CT molecular complexity index is 1100. The van der Waals surface area contributed by atoms with Gasteiger partial charge in [-0.25, -0.2) is 9.97 Å². The Balaban J connectivity index is 1.21. The number of hydrogen-bond acceptors (Lipinski definition) is 4. The van der Waals surface area contributed by atoms with E-state index in [1.807, 2.05) is 57.6 Å². The van der Waals surface area contributed by atoms with E-state index < -0.39 is 6.04 Å². The molecule has 0 bridgehead atoms. The first kappa shape index (κ1) is 20.5. The minimum absolute atomic E-state index is 0.0693. The number of carbonyl (C=O) groups excluding carboxylic acids is 2. The summed E-state index contributed by atoms with van der Waals surface area (Å²) in [5.41, 5.74) is 2.83. The van der Waals surface area contributed by atoms with Gasteiger partial charge in [0.25, 0.3) is 0 Å². The van der Waals surface area contributed by atoms with Crippen LogP contribution in [-0.4, -0.2) is 48.4 Å². The lowest BCUT2D eigenvalue weighted by Crippen LogP contribution is -2.43. The van der Waals surface area contributed by atoms with Crippen molar-refractivity contribution in [3.8, 4) is 5.69 Å². The number of aromatic nitrogens is 4. The standard InChI is InChI=1S/C24H28N6O2/c1-18-14-29(17-26-18)20-6-4-19(5-7-20)27-23(32)21-13-24(8-9-24)15-30(21)22(31)3-2-11-28-12-10-25-16-28/h4-7,10,12,14,16-17,21H,2-3,8-9,11,13,15H2,1H3,(H,27,32)/t21-/m0/s1. The van der Waals surface area contributed by atoms with Crippen molar-refractivity contribution in [3.05, 3.63) is 61.2 Å². The lowest BCUT2D eigenvalue weighted by Gasteiger charge is -2.24. The van der Waals surface area contributed by atoms with Crippen molar-refractivity contribution in [2.75, 3.05) is 11.9 Å². The van der Waals surface area contributed by atoms with Gasteiger partial charge in [-0.2, -0.15) is 0 Å². The van der Waals surface area contributed by atoms with Gasteiger partial charge < -0.3 is 19.4 Å². The summed E-state index contributed by atoms with van der Waals surface area (Å²) in [6.07, 6.45) is 13.3. The highest BCUT2D eigenvalue weighted by Crippen LogP contribution is 2.55. The maximum atomic E-state index is 13.1. The summed E-state index contributed by atoms with van der Waals surface area (Å²) in [4.78, 5) is 36.2. The van der Waals surface area contributed by atoms with Crippen LogP contribution < -0.4 is 5.32 Å². The molecule has 3 aromatic rings. The molecule has 5 rings (SSSR count). The van der Waals surface area contributed by atoms with Gasteiger partial charge in [0.05, 0.1) is 18.3 Å². The monoisotopic (exact) mass is 432 g/mol. The summed E-state index contributed by atoms with van der Waals surface area (Å²) < 4.78 is 3.91. The molecule has 32 heavy (non-hydrogen) atoms. The number of rotatable bonds is 7. The Morgan fingerprint density at radius 3 is 2.66 bits per heavy atom. The van der Waals surface area contributed by atoms with E-state index in [1.165, 1.54) is 0 Å². The number of hydrogen-bond donors (Lipinski definition) is 1. The lowest BCUT2D eigenvalue weighted by atomic mass is 10.0. The van der Waals surface area contributed by atoms with Crippen molar-refractivity contribution in [3.63, 3.8) is 0 Å². The minimum atomic E-state index is -0.394. The van der Waals surface area contributed by atoms with Crippen LogP contribution in [0.15, 0.2) is 55.5 Å². The van der Waals surface area contributed by atoms with Crippen molar-refractivity contribution < 1.29 is 9.59 Å². The van der Waals surface area contributed by atoms with E-state index >= 15 is 0 Å². The van der Waals surface area contributed by atoms with Gasteiger partial charge in [0.2, 0.25) is 11.8 Å². The molecule has 1 atom stereocenters. The molecule has 1 aromatic carbocycles. The highest BCUT2D eigenvalue weighted by Gasteiger charge is 2.54. The van der Waals surface area contributed by atoms with Crippen molar-refractivity contribution in [1.82, 2.24) is 24.0 Å². The Kier molecular flexibility index (Phi) is 5.28. The fourth-order valence-electron chi connectivity index (χ4n) is 4.57. The summed E-state index contributed by atoms with van der Waals surface area (Å²) in [5, 5.41) is 3.03. The van der Waals surface area contributed by atoms with Crippen LogP contribution >= 0.6 is 0 Å². The van der Waals surface area contributed by atoms with Gasteiger partial charge in [0.15, 0.2) is 0 Å². The van der Waals surface area contributed by atoms with E-state index in [1.54, 1.807) is 18.9 Å². The molecule has 2 aromatic heterocycles. The van der Waals surface area contributed by atoms with E-state index in [0.717, 1.165) is 49.3 Å².